The van der Waals surface area contributed by atoms with Crippen molar-refractivity contribution in [1.29, 1.82) is 0 Å². The number of hydrogen-bond donors (Lipinski definition) is 1. The van der Waals surface area contributed by atoms with E-state index in [2.05, 4.69) is 58.5 Å². The second-order valence-electron chi connectivity index (χ2n) is 6.58. The first kappa shape index (κ1) is 22.4. The molecule has 0 saturated heterocycles. The van der Waals surface area contributed by atoms with Gasteiger partial charge in [-0.1, -0.05) is 57.9 Å². The first-order chi connectivity index (χ1) is 13.1. The third-order valence-corrected chi connectivity index (χ3v) is 4.85. The molecule has 5 heteroatoms. The third-order valence-electron chi connectivity index (χ3n) is 4.36. The second-order valence-corrected chi connectivity index (χ2v) is 7.50. The number of aryl methyl sites for hydroxylation is 1. The Morgan fingerprint density at radius 3 is 2.32 bits per heavy atom. The van der Waals surface area contributed by atoms with E-state index in [1.807, 2.05) is 24.3 Å². The van der Waals surface area contributed by atoms with Crippen molar-refractivity contribution in [3.05, 3.63) is 99.3 Å². The summed E-state index contributed by atoms with van der Waals surface area (Å²) in [7, 11) is 0. The van der Waals surface area contributed by atoms with Crippen LogP contribution in [-0.2, 0) is 19.6 Å². The van der Waals surface area contributed by atoms with Crippen molar-refractivity contribution in [3.8, 4) is 5.75 Å². The van der Waals surface area contributed by atoms with Crippen LogP contribution in [0, 0.1) is 12.7 Å². The van der Waals surface area contributed by atoms with Gasteiger partial charge in [0.25, 0.3) is 0 Å². The van der Waals surface area contributed by atoms with Crippen LogP contribution in [-0.4, -0.2) is 6.54 Å². The summed E-state index contributed by atoms with van der Waals surface area (Å²) in [5.41, 5.74) is 4.62. The van der Waals surface area contributed by atoms with Gasteiger partial charge in [0.15, 0.2) is 0 Å². The lowest BCUT2D eigenvalue weighted by atomic mass is 10.1. The van der Waals surface area contributed by atoms with Crippen molar-refractivity contribution >= 4 is 28.3 Å². The Morgan fingerprint density at radius 2 is 1.61 bits per heavy atom. The highest BCUT2D eigenvalue weighted by Gasteiger charge is 2.06. The van der Waals surface area contributed by atoms with Gasteiger partial charge in [-0.15, -0.1) is 12.4 Å². The summed E-state index contributed by atoms with van der Waals surface area (Å²) in [6.07, 6.45) is 0.855. The molecule has 28 heavy (non-hydrogen) atoms. The van der Waals surface area contributed by atoms with Gasteiger partial charge < -0.3 is 10.1 Å². The smallest absolute Gasteiger partial charge is 0.124 e. The number of ether oxygens (including phenoxy) is 1. The molecule has 0 spiro atoms. The van der Waals surface area contributed by atoms with Crippen LogP contribution < -0.4 is 10.1 Å². The lowest BCUT2D eigenvalue weighted by Gasteiger charge is -2.13. The molecule has 2 nitrogen and oxygen atoms in total. The van der Waals surface area contributed by atoms with Crippen molar-refractivity contribution in [2.75, 3.05) is 6.54 Å². The summed E-state index contributed by atoms with van der Waals surface area (Å²) in [6, 6.07) is 21.1. The topological polar surface area (TPSA) is 21.3 Å². The third kappa shape index (κ3) is 6.93. The summed E-state index contributed by atoms with van der Waals surface area (Å²) in [4.78, 5) is 0. The van der Waals surface area contributed by atoms with Gasteiger partial charge in [-0.3, -0.25) is 0 Å². The lowest BCUT2D eigenvalue weighted by molar-refractivity contribution is 0.302. The maximum absolute atomic E-state index is 13.0. The zero-order valence-corrected chi connectivity index (χ0v) is 18.2. The lowest BCUT2D eigenvalue weighted by Crippen LogP contribution is -2.17. The minimum absolute atomic E-state index is 0. The molecule has 148 valence electrons. The normalized spacial score (nSPS) is 10.4. The van der Waals surface area contributed by atoms with E-state index in [1.165, 1.54) is 17.7 Å². The fraction of sp³-hybridized carbons (Fsp3) is 0.217. The molecule has 1 N–H and O–H groups in total. The molecule has 0 aliphatic carbocycles. The van der Waals surface area contributed by atoms with E-state index in [0.29, 0.717) is 13.2 Å². The van der Waals surface area contributed by atoms with Gasteiger partial charge in [-0.05, 0) is 61.3 Å². The summed E-state index contributed by atoms with van der Waals surface area (Å²) in [5, 5.41) is 3.44. The highest BCUT2D eigenvalue weighted by Crippen LogP contribution is 2.24. The maximum atomic E-state index is 13.0. The molecule has 0 unspecified atom stereocenters. The molecule has 0 atom stereocenters. The van der Waals surface area contributed by atoms with Crippen LogP contribution in [0.3, 0.4) is 0 Å². The fourth-order valence-electron chi connectivity index (χ4n) is 2.78. The first-order valence-corrected chi connectivity index (χ1v) is 9.81. The van der Waals surface area contributed by atoms with E-state index in [9.17, 15) is 4.39 Å². The quantitative estimate of drug-likeness (QED) is 0.399. The van der Waals surface area contributed by atoms with Crippen molar-refractivity contribution in [2.45, 2.75) is 26.5 Å². The highest BCUT2D eigenvalue weighted by molar-refractivity contribution is 9.10. The van der Waals surface area contributed by atoms with E-state index in [-0.39, 0.29) is 18.2 Å². The molecule has 0 fully saturated rings. The number of hydrogen-bond acceptors (Lipinski definition) is 2. The number of halogens is 3. The van der Waals surface area contributed by atoms with Gasteiger partial charge in [0.05, 0.1) is 0 Å². The van der Waals surface area contributed by atoms with Gasteiger partial charge in [0, 0.05) is 16.6 Å². The zero-order valence-electron chi connectivity index (χ0n) is 15.8. The Bertz CT molecular complexity index is 869. The molecule has 0 heterocycles. The van der Waals surface area contributed by atoms with Gasteiger partial charge in [0.1, 0.15) is 18.2 Å². The van der Waals surface area contributed by atoms with Gasteiger partial charge >= 0.3 is 0 Å². The highest BCUT2D eigenvalue weighted by atomic mass is 79.9. The van der Waals surface area contributed by atoms with Crippen LogP contribution in [0.2, 0.25) is 0 Å². The Labute approximate surface area is 180 Å². The molecule has 0 bridgehead atoms. The maximum Gasteiger partial charge on any atom is 0.124 e. The van der Waals surface area contributed by atoms with Crippen LogP contribution in [0.25, 0.3) is 0 Å². The van der Waals surface area contributed by atoms with Crippen LogP contribution in [0.5, 0.6) is 5.75 Å². The Hall–Kier alpha value is -1.88. The van der Waals surface area contributed by atoms with E-state index >= 15 is 0 Å². The summed E-state index contributed by atoms with van der Waals surface area (Å²) in [5.74, 6) is 0.685. The van der Waals surface area contributed by atoms with E-state index in [4.69, 9.17) is 4.74 Å². The van der Waals surface area contributed by atoms with Crippen LogP contribution in [0.15, 0.2) is 71.2 Å². The predicted octanol–water partition coefficient (Wildman–Crippen LogP) is 6.23. The molecule has 0 saturated carbocycles. The number of rotatable bonds is 8. The zero-order chi connectivity index (χ0) is 19.1. The molecular weight excluding hydrogens is 441 g/mol. The van der Waals surface area contributed by atoms with E-state index in [1.54, 1.807) is 0 Å². The molecule has 3 rings (SSSR count). The SMILES string of the molecule is Cc1ccc(COc2ccc(Br)cc2CNCCc2ccc(F)cc2)cc1.Cl. The first-order valence-electron chi connectivity index (χ1n) is 9.02. The molecular formula is C23H24BrClFNO. The molecule has 3 aromatic carbocycles. The number of benzene rings is 3. The molecule has 0 amide bonds. The van der Waals surface area contributed by atoms with Crippen LogP contribution in [0.4, 0.5) is 4.39 Å². The van der Waals surface area contributed by atoms with E-state index in [0.717, 1.165) is 39.9 Å². The predicted molar refractivity (Wildman–Crippen MR) is 119 cm³/mol. The van der Waals surface area contributed by atoms with Gasteiger partial charge in [-0.25, -0.2) is 4.39 Å². The Morgan fingerprint density at radius 1 is 0.929 bits per heavy atom. The van der Waals surface area contributed by atoms with Crippen LogP contribution in [0.1, 0.15) is 22.3 Å². The average Bonchev–Trinajstić information content (AvgIpc) is 2.67. The monoisotopic (exact) mass is 463 g/mol. The molecule has 0 aromatic heterocycles. The molecule has 3 aromatic rings. The van der Waals surface area contributed by atoms with Crippen molar-refractivity contribution < 1.29 is 9.13 Å². The minimum Gasteiger partial charge on any atom is -0.489 e. The standard InChI is InChI=1S/C23H23BrFNO.ClH/c1-17-2-4-19(5-3-17)16-27-23-11-8-21(24)14-20(23)15-26-13-12-18-6-9-22(25)10-7-18;/h2-11,14,26H,12-13,15-16H2,1H3;1H. The number of nitrogens with one attached hydrogen (secondary N) is 1. The summed E-state index contributed by atoms with van der Waals surface area (Å²) < 4.78 is 20.0. The van der Waals surface area contributed by atoms with Crippen molar-refractivity contribution in [2.24, 2.45) is 0 Å². The molecule has 0 aliphatic heterocycles. The van der Waals surface area contributed by atoms with Crippen molar-refractivity contribution in [3.63, 3.8) is 0 Å². The second kappa shape index (κ2) is 11.2. The molecule has 0 aliphatic rings. The fourth-order valence-corrected chi connectivity index (χ4v) is 3.19. The summed E-state index contributed by atoms with van der Waals surface area (Å²) >= 11 is 3.53. The Kier molecular flexibility index (Phi) is 8.97. The van der Waals surface area contributed by atoms with Crippen LogP contribution >= 0.6 is 28.3 Å². The van der Waals surface area contributed by atoms with Gasteiger partial charge in [-0.2, -0.15) is 0 Å². The molecule has 0 radical (unpaired) electrons. The van der Waals surface area contributed by atoms with Gasteiger partial charge in [0.2, 0.25) is 0 Å². The largest absolute Gasteiger partial charge is 0.489 e. The average molecular weight is 465 g/mol. The van der Waals surface area contributed by atoms with E-state index < -0.39 is 0 Å². The van der Waals surface area contributed by atoms with Crippen molar-refractivity contribution in [1.82, 2.24) is 5.32 Å². The summed E-state index contributed by atoms with van der Waals surface area (Å²) in [6.45, 7) is 4.15. The Balaban J connectivity index is 0.00000280. The minimum atomic E-state index is -0.198.